The van der Waals surface area contributed by atoms with E-state index in [0.29, 0.717) is 37.1 Å². The fourth-order valence-corrected chi connectivity index (χ4v) is 8.94. The van der Waals surface area contributed by atoms with Crippen molar-refractivity contribution in [2.75, 3.05) is 20.3 Å². The Kier molecular flexibility index (Phi) is 6.51. The van der Waals surface area contributed by atoms with Gasteiger partial charge in [-0.15, -0.1) is 0 Å². The fraction of sp³-hybridized carbons (Fsp3) is 0.889. The minimum Gasteiger partial charge on any atom is -0.466 e. The molecule has 0 aromatic rings. The largest absolute Gasteiger partial charge is 0.466 e. The van der Waals surface area contributed by atoms with Crippen molar-refractivity contribution < 1.29 is 23.4 Å². The lowest BCUT2D eigenvalue weighted by Crippen LogP contribution is -2.60. The van der Waals surface area contributed by atoms with E-state index in [-0.39, 0.29) is 21.8 Å². The second kappa shape index (κ2) is 8.46. The summed E-state index contributed by atoms with van der Waals surface area (Å²) >= 11 is 0. The lowest BCUT2D eigenvalue weighted by molar-refractivity contribution is -0.273. The van der Waals surface area contributed by atoms with Gasteiger partial charge in [-0.25, -0.2) is 4.79 Å². The predicted molar refractivity (Wildman–Crippen MR) is 132 cm³/mol. The van der Waals surface area contributed by atoms with Gasteiger partial charge < -0.3 is 18.6 Å². The van der Waals surface area contributed by atoms with E-state index in [0.717, 1.165) is 25.7 Å². The van der Waals surface area contributed by atoms with Crippen LogP contribution >= 0.6 is 0 Å². The maximum absolute atomic E-state index is 12.0. The Bertz CT molecular complexity index is 780. The first kappa shape index (κ1) is 25.4. The minimum absolute atomic E-state index is 0.226. The van der Waals surface area contributed by atoms with Crippen molar-refractivity contribution in [2.24, 2.45) is 28.6 Å². The molecule has 1 aliphatic heterocycles. The Morgan fingerprint density at radius 2 is 1.67 bits per heavy atom. The molecule has 1 heterocycles. The van der Waals surface area contributed by atoms with Crippen LogP contribution in [-0.2, 0) is 23.4 Å². The second-order valence-corrected chi connectivity index (χ2v) is 17.7. The average molecular weight is 479 g/mol. The van der Waals surface area contributed by atoms with Gasteiger partial charge >= 0.3 is 5.97 Å². The Balaban J connectivity index is 1.62. The van der Waals surface area contributed by atoms with Crippen LogP contribution in [0.4, 0.5) is 0 Å². The van der Waals surface area contributed by atoms with Gasteiger partial charge in [0, 0.05) is 17.9 Å². The van der Waals surface area contributed by atoms with Crippen molar-refractivity contribution in [3.8, 4) is 0 Å². The first-order chi connectivity index (χ1) is 15.3. The molecule has 3 aliphatic carbocycles. The van der Waals surface area contributed by atoms with E-state index in [1.54, 1.807) is 6.08 Å². The van der Waals surface area contributed by atoms with Crippen molar-refractivity contribution in [1.29, 1.82) is 0 Å². The highest BCUT2D eigenvalue weighted by Crippen LogP contribution is 2.67. The summed E-state index contributed by atoms with van der Waals surface area (Å²) in [4.78, 5) is 12.0. The minimum atomic E-state index is -1.82. The fourth-order valence-electron chi connectivity index (χ4n) is 7.49. The maximum Gasteiger partial charge on any atom is 0.330 e. The number of methoxy groups -OCH3 is 1. The first-order valence-electron chi connectivity index (χ1n) is 13.0. The lowest BCUT2D eigenvalue weighted by Gasteiger charge is -2.60. The smallest absolute Gasteiger partial charge is 0.330 e. The molecule has 4 aliphatic rings. The molecular weight excluding hydrogens is 432 g/mol. The van der Waals surface area contributed by atoms with Crippen LogP contribution in [0, 0.1) is 28.6 Å². The van der Waals surface area contributed by atoms with Gasteiger partial charge in [0.2, 0.25) is 0 Å². The van der Waals surface area contributed by atoms with Gasteiger partial charge in [0.15, 0.2) is 14.1 Å². The molecule has 4 fully saturated rings. The molecule has 4 rings (SSSR count). The quantitative estimate of drug-likeness (QED) is 0.278. The van der Waals surface area contributed by atoms with Crippen molar-refractivity contribution >= 4 is 14.3 Å². The van der Waals surface area contributed by atoms with Gasteiger partial charge in [-0.05, 0) is 73.4 Å². The van der Waals surface area contributed by atoms with Crippen LogP contribution in [0.2, 0.25) is 18.1 Å². The monoisotopic (exact) mass is 478 g/mol. The number of esters is 1. The van der Waals surface area contributed by atoms with Crippen LogP contribution in [0.5, 0.6) is 0 Å². The molecule has 0 radical (unpaired) electrons. The Morgan fingerprint density at radius 3 is 2.27 bits per heavy atom. The molecule has 6 atom stereocenters. The van der Waals surface area contributed by atoms with Crippen molar-refractivity contribution in [3.05, 3.63) is 12.2 Å². The van der Waals surface area contributed by atoms with E-state index in [9.17, 15) is 4.79 Å². The summed E-state index contributed by atoms with van der Waals surface area (Å²) in [5.41, 5.74) is -0.119. The highest BCUT2D eigenvalue weighted by atomic mass is 28.4. The van der Waals surface area contributed by atoms with Crippen LogP contribution in [0.1, 0.15) is 73.1 Å². The standard InChI is InChI=1S/C27H46O5Si/c1-24(2,3)33(7,8)32-22-10-9-20-19-11-16-27(30-17-18-31-27)26(5,15-13-23(28)29-6)21(19)12-14-25(20,22)4/h13,15,19-22H,9-12,14,16-18H2,1-8H3/b15-13+/t19?,20?,21?,22-,25-,26+/m0/s1. The molecule has 5 nitrogen and oxygen atoms in total. The Morgan fingerprint density at radius 1 is 1.00 bits per heavy atom. The highest BCUT2D eigenvalue weighted by molar-refractivity contribution is 6.74. The number of fused-ring (bicyclic) bond motifs is 3. The van der Waals surface area contributed by atoms with Crippen LogP contribution in [0.15, 0.2) is 12.2 Å². The molecule has 188 valence electrons. The van der Waals surface area contributed by atoms with Crippen molar-refractivity contribution in [2.45, 2.75) is 103 Å². The van der Waals surface area contributed by atoms with E-state index in [4.69, 9.17) is 18.6 Å². The summed E-state index contributed by atoms with van der Waals surface area (Å²) < 4.78 is 24.7. The normalized spacial score (nSPS) is 40.7. The Hall–Kier alpha value is -0.693. The maximum atomic E-state index is 12.0. The van der Waals surface area contributed by atoms with Crippen LogP contribution in [0.25, 0.3) is 0 Å². The molecule has 3 saturated carbocycles. The molecule has 0 aromatic carbocycles. The zero-order chi connectivity index (χ0) is 24.3. The van der Waals surface area contributed by atoms with Crippen LogP contribution in [0.3, 0.4) is 0 Å². The topological polar surface area (TPSA) is 54.0 Å². The molecule has 0 amide bonds. The average Bonchev–Trinajstić information content (AvgIpc) is 3.34. The van der Waals surface area contributed by atoms with Crippen molar-refractivity contribution in [3.63, 3.8) is 0 Å². The highest BCUT2D eigenvalue weighted by Gasteiger charge is 2.65. The van der Waals surface area contributed by atoms with E-state index in [2.05, 4.69) is 53.8 Å². The molecule has 3 unspecified atom stereocenters. The third-order valence-electron chi connectivity index (χ3n) is 10.5. The van der Waals surface area contributed by atoms with Gasteiger partial charge in [-0.2, -0.15) is 0 Å². The van der Waals surface area contributed by atoms with Gasteiger partial charge in [-0.3, -0.25) is 0 Å². The zero-order valence-corrected chi connectivity index (χ0v) is 23.2. The number of carbonyl (C=O) groups excluding carboxylic acids is 1. The van der Waals surface area contributed by atoms with Crippen LogP contribution < -0.4 is 0 Å². The summed E-state index contributed by atoms with van der Waals surface area (Å²) in [6, 6.07) is 0. The number of carbonyl (C=O) groups is 1. The third-order valence-corrected chi connectivity index (χ3v) is 15.0. The van der Waals surface area contributed by atoms with E-state index in [1.165, 1.54) is 20.0 Å². The van der Waals surface area contributed by atoms with Gasteiger partial charge in [0.1, 0.15) is 0 Å². The van der Waals surface area contributed by atoms with Gasteiger partial charge in [0.05, 0.1) is 26.4 Å². The summed E-state index contributed by atoms with van der Waals surface area (Å²) in [6.07, 6.45) is 10.7. The number of rotatable bonds is 4. The number of hydrogen-bond acceptors (Lipinski definition) is 5. The van der Waals surface area contributed by atoms with E-state index >= 15 is 0 Å². The molecule has 1 saturated heterocycles. The van der Waals surface area contributed by atoms with Gasteiger partial charge in [0.25, 0.3) is 0 Å². The molecule has 0 aromatic heterocycles. The predicted octanol–water partition coefficient (Wildman–Crippen LogP) is 6.09. The van der Waals surface area contributed by atoms with Crippen molar-refractivity contribution in [1.82, 2.24) is 0 Å². The molecular formula is C27H46O5Si. The number of hydrogen-bond donors (Lipinski definition) is 0. The molecule has 0 N–H and O–H groups in total. The third kappa shape index (κ3) is 3.97. The first-order valence-corrected chi connectivity index (χ1v) is 15.9. The zero-order valence-electron chi connectivity index (χ0n) is 22.2. The Labute approximate surface area is 202 Å². The molecule has 1 spiro atoms. The summed E-state index contributed by atoms with van der Waals surface area (Å²) in [5, 5.41) is 0.226. The number of ether oxygens (including phenoxy) is 3. The molecule has 6 heteroatoms. The second-order valence-electron chi connectivity index (χ2n) is 13.0. The SMILES string of the molecule is COC(=O)/C=C/[C@]1(C)C2CC[C@@]3(C)C(CC[C@@H]3O[Si](C)(C)C(C)(C)C)C2CCC12OCCO2. The van der Waals surface area contributed by atoms with Gasteiger partial charge in [-0.1, -0.05) is 40.7 Å². The van der Waals surface area contributed by atoms with Crippen LogP contribution in [-0.4, -0.2) is 46.5 Å². The van der Waals surface area contributed by atoms with E-state index < -0.39 is 14.1 Å². The summed E-state index contributed by atoms with van der Waals surface area (Å²) in [6.45, 7) is 17.8. The molecule has 33 heavy (non-hydrogen) atoms. The molecule has 0 bridgehead atoms. The summed E-state index contributed by atoms with van der Waals surface area (Å²) in [5.74, 6) is 0.742. The van der Waals surface area contributed by atoms with E-state index in [1.807, 2.05) is 0 Å². The summed E-state index contributed by atoms with van der Waals surface area (Å²) in [7, 11) is -0.389. The lowest BCUT2D eigenvalue weighted by atomic mass is 9.48.